The first-order valence-electron chi connectivity index (χ1n) is 8.23. The zero-order valence-corrected chi connectivity index (χ0v) is 16.5. The van der Waals surface area contributed by atoms with Crippen molar-refractivity contribution in [3.63, 3.8) is 0 Å². The SMILES string of the molecule is CCOC(=O)c1ccc2nc(NC(=O)CSc3ccc(OC)cc3)sc2c1. The molecule has 0 bridgehead atoms. The topological polar surface area (TPSA) is 77.5 Å². The molecule has 1 amide bonds. The van der Waals surface area contributed by atoms with E-state index < -0.39 is 0 Å². The molecule has 0 aliphatic carbocycles. The predicted molar refractivity (Wildman–Crippen MR) is 108 cm³/mol. The van der Waals surface area contributed by atoms with E-state index >= 15 is 0 Å². The Morgan fingerprint density at radius 1 is 1.19 bits per heavy atom. The van der Waals surface area contributed by atoms with Gasteiger partial charge in [0.05, 0.1) is 35.2 Å². The molecule has 0 atom stereocenters. The second kappa shape index (κ2) is 8.88. The van der Waals surface area contributed by atoms with Crippen molar-refractivity contribution in [2.75, 3.05) is 24.8 Å². The summed E-state index contributed by atoms with van der Waals surface area (Å²) in [6, 6.07) is 12.7. The highest BCUT2D eigenvalue weighted by Crippen LogP contribution is 2.28. The van der Waals surface area contributed by atoms with Crippen LogP contribution in [-0.4, -0.2) is 36.3 Å². The van der Waals surface area contributed by atoms with E-state index in [1.165, 1.54) is 23.1 Å². The van der Waals surface area contributed by atoms with Gasteiger partial charge in [0, 0.05) is 4.90 Å². The van der Waals surface area contributed by atoms with Gasteiger partial charge >= 0.3 is 5.97 Å². The number of aromatic nitrogens is 1. The molecule has 1 aromatic heterocycles. The average Bonchev–Trinajstić information content (AvgIpc) is 3.08. The zero-order valence-electron chi connectivity index (χ0n) is 14.9. The van der Waals surface area contributed by atoms with E-state index in [1.807, 2.05) is 24.3 Å². The molecule has 1 N–H and O–H groups in total. The molecule has 0 saturated heterocycles. The molecule has 6 nitrogen and oxygen atoms in total. The fourth-order valence-electron chi connectivity index (χ4n) is 2.30. The predicted octanol–water partition coefficient (Wildman–Crippen LogP) is 4.21. The van der Waals surface area contributed by atoms with E-state index in [9.17, 15) is 9.59 Å². The molecule has 0 aliphatic rings. The highest BCUT2D eigenvalue weighted by atomic mass is 32.2. The van der Waals surface area contributed by atoms with Crippen LogP contribution < -0.4 is 10.1 Å². The number of esters is 1. The number of fused-ring (bicyclic) bond motifs is 1. The number of anilines is 1. The van der Waals surface area contributed by atoms with Gasteiger partial charge in [-0.2, -0.15) is 0 Å². The van der Waals surface area contributed by atoms with Crippen LogP contribution in [0.5, 0.6) is 5.75 Å². The van der Waals surface area contributed by atoms with E-state index in [2.05, 4.69) is 10.3 Å². The van der Waals surface area contributed by atoms with Crippen molar-refractivity contribution < 1.29 is 19.1 Å². The quantitative estimate of drug-likeness (QED) is 0.471. The lowest BCUT2D eigenvalue weighted by Crippen LogP contribution is -2.13. The van der Waals surface area contributed by atoms with Gasteiger partial charge in [-0.1, -0.05) is 11.3 Å². The molecule has 0 unspecified atom stereocenters. The van der Waals surface area contributed by atoms with Gasteiger partial charge < -0.3 is 14.8 Å². The normalized spacial score (nSPS) is 10.6. The summed E-state index contributed by atoms with van der Waals surface area (Å²) < 4.78 is 10.9. The molecule has 0 aliphatic heterocycles. The Morgan fingerprint density at radius 3 is 2.67 bits per heavy atom. The smallest absolute Gasteiger partial charge is 0.338 e. The van der Waals surface area contributed by atoms with E-state index in [-0.39, 0.29) is 17.6 Å². The van der Waals surface area contributed by atoms with Crippen LogP contribution in [0.1, 0.15) is 17.3 Å². The third-order valence-corrected chi connectivity index (χ3v) is 5.52. The molecule has 3 rings (SSSR count). The van der Waals surface area contributed by atoms with E-state index in [0.717, 1.165) is 20.9 Å². The van der Waals surface area contributed by atoms with Gasteiger partial charge in [-0.05, 0) is 49.4 Å². The molecular formula is C19H18N2O4S2. The minimum atomic E-state index is -0.366. The van der Waals surface area contributed by atoms with Crippen LogP contribution in [0.25, 0.3) is 10.2 Å². The highest BCUT2D eigenvalue weighted by Gasteiger charge is 2.12. The summed E-state index contributed by atoms with van der Waals surface area (Å²) in [6.07, 6.45) is 0. The molecule has 140 valence electrons. The van der Waals surface area contributed by atoms with Crippen LogP contribution in [0.2, 0.25) is 0 Å². The Hall–Kier alpha value is -2.58. The van der Waals surface area contributed by atoms with Gasteiger partial charge in [-0.25, -0.2) is 9.78 Å². The maximum Gasteiger partial charge on any atom is 0.338 e. The van der Waals surface area contributed by atoms with Gasteiger partial charge in [0.2, 0.25) is 5.91 Å². The van der Waals surface area contributed by atoms with E-state index in [1.54, 1.807) is 32.2 Å². The number of amides is 1. The molecule has 0 fully saturated rings. The number of thiazole rings is 1. The first-order chi connectivity index (χ1) is 13.1. The summed E-state index contributed by atoms with van der Waals surface area (Å²) >= 11 is 2.76. The lowest BCUT2D eigenvalue weighted by molar-refractivity contribution is -0.113. The standard InChI is InChI=1S/C19H18N2O4S2/c1-3-25-18(23)12-4-9-15-16(10-12)27-19(20-15)21-17(22)11-26-14-7-5-13(24-2)6-8-14/h4-10H,3,11H2,1-2H3,(H,20,21,22). The minimum Gasteiger partial charge on any atom is -0.497 e. The zero-order chi connectivity index (χ0) is 19.2. The fourth-order valence-corrected chi connectivity index (χ4v) is 3.92. The Labute approximate surface area is 164 Å². The van der Waals surface area contributed by atoms with Crippen molar-refractivity contribution in [2.45, 2.75) is 11.8 Å². The van der Waals surface area contributed by atoms with Crippen molar-refractivity contribution >= 4 is 50.3 Å². The van der Waals surface area contributed by atoms with Gasteiger partial charge in [0.25, 0.3) is 0 Å². The summed E-state index contributed by atoms with van der Waals surface area (Å²) in [7, 11) is 1.61. The molecule has 0 saturated carbocycles. The van der Waals surface area contributed by atoms with Crippen molar-refractivity contribution in [3.05, 3.63) is 48.0 Å². The molecule has 2 aromatic carbocycles. The number of thioether (sulfide) groups is 1. The summed E-state index contributed by atoms with van der Waals surface area (Å²) in [4.78, 5) is 29.4. The van der Waals surface area contributed by atoms with Gasteiger partial charge in [-0.3, -0.25) is 4.79 Å². The molecule has 0 radical (unpaired) electrons. The van der Waals surface area contributed by atoms with Crippen LogP contribution >= 0.6 is 23.1 Å². The first kappa shape index (κ1) is 19.2. The van der Waals surface area contributed by atoms with Gasteiger partial charge in [-0.15, -0.1) is 11.8 Å². The average molecular weight is 402 g/mol. The van der Waals surface area contributed by atoms with Crippen LogP contribution in [0.15, 0.2) is 47.4 Å². The minimum absolute atomic E-state index is 0.138. The lowest BCUT2D eigenvalue weighted by atomic mass is 10.2. The van der Waals surface area contributed by atoms with Crippen molar-refractivity contribution in [1.82, 2.24) is 4.98 Å². The molecule has 3 aromatic rings. The molecule has 1 heterocycles. The Kier molecular flexibility index (Phi) is 6.31. The number of hydrogen-bond donors (Lipinski definition) is 1. The largest absolute Gasteiger partial charge is 0.497 e. The second-order valence-electron chi connectivity index (χ2n) is 5.43. The summed E-state index contributed by atoms with van der Waals surface area (Å²) in [5.74, 6) is 0.548. The molecule has 8 heteroatoms. The molecular weight excluding hydrogens is 384 g/mol. The highest BCUT2D eigenvalue weighted by molar-refractivity contribution is 8.00. The van der Waals surface area contributed by atoms with Crippen LogP contribution in [0.3, 0.4) is 0 Å². The monoisotopic (exact) mass is 402 g/mol. The number of nitrogens with zero attached hydrogens (tertiary/aromatic N) is 1. The Bertz CT molecular complexity index is 954. The number of carbonyl (C=O) groups excluding carboxylic acids is 2. The number of ether oxygens (including phenoxy) is 2. The lowest BCUT2D eigenvalue weighted by Gasteiger charge is -2.03. The number of nitrogens with one attached hydrogen (secondary N) is 1. The summed E-state index contributed by atoms with van der Waals surface area (Å²) in [5, 5.41) is 3.31. The third kappa shape index (κ3) is 4.99. The van der Waals surface area contributed by atoms with E-state index in [4.69, 9.17) is 9.47 Å². The maximum absolute atomic E-state index is 12.2. The van der Waals surface area contributed by atoms with Crippen LogP contribution in [0, 0.1) is 0 Å². The number of hydrogen-bond acceptors (Lipinski definition) is 7. The fraction of sp³-hybridized carbons (Fsp3) is 0.211. The van der Waals surface area contributed by atoms with Gasteiger partial charge in [0.15, 0.2) is 5.13 Å². The van der Waals surface area contributed by atoms with Crippen molar-refractivity contribution in [3.8, 4) is 5.75 Å². The number of methoxy groups -OCH3 is 1. The third-order valence-electron chi connectivity index (χ3n) is 3.58. The maximum atomic E-state index is 12.2. The second-order valence-corrected chi connectivity index (χ2v) is 7.51. The summed E-state index contributed by atoms with van der Waals surface area (Å²) in [5.41, 5.74) is 1.20. The first-order valence-corrected chi connectivity index (χ1v) is 10.0. The van der Waals surface area contributed by atoms with Crippen molar-refractivity contribution in [1.29, 1.82) is 0 Å². The molecule has 0 spiro atoms. The number of rotatable bonds is 7. The Balaban J connectivity index is 1.61. The number of benzene rings is 2. The van der Waals surface area contributed by atoms with Crippen LogP contribution in [0.4, 0.5) is 5.13 Å². The van der Waals surface area contributed by atoms with Crippen molar-refractivity contribution in [2.24, 2.45) is 0 Å². The summed E-state index contributed by atoms with van der Waals surface area (Å²) in [6.45, 7) is 2.09. The molecule has 27 heavy (non-hydrogen) atoms. The Morgan fingerprint density at radius 2 is 1.96 bits per heavy atom. The number of carbonyl (C=O) groups is 2. The van der Waals surface area contributed by atoms with E-state index in [0.29, 0.717) is 17.3 Å². The van der Waals surface area contributed by atoms with Crippen LogP contribution in [-0.2, 0) is 9.53 Å². The van der Waals surface area contributed by atoms with Gasteiger partial charge in [0.1, 0.15) is 5.75 Å².